The van der Waals surface area contributed by atoms with Crippen molar-refractivity contribution in [3.63, 3.8) is 0 Å². The Morgan fingerprint density at radius 2 is 1.90 bits per heavy atom. The molecule has 20 heavy (non-hydrogen) atoms. The molecule has 114 valence electrons. The van der Waals surface area contributed by atoms with Crippen LogP contribution in [0.2, 0.25) is 0 Å². The third-order valence-electron chi connectivity index (χ3n) is 2.88. The first-order valence-electron chi connectivity index (χ1n) is 5.81. The van der Waals surface area contributed by atoms with E-state index in [1.54, 1.807) is 0 Å². The molecule has 1 aromatic carbocycles. The van der Waals surface area contributed by atoms with Gasteiger partial charge in [-0.25, -0.2) is 12.7 Å². The van der Waals surface area contributed by atoms with Crippen LogP contribution in [0.5, 0.6) is 0 Å². The molecule has 0 bridgehead atoms. The highest BCUT2D eigenvalue weighted by Gasteiger charge is 2.35. The van der Waals surface area contributed by atoms with Gasteiger partial charge in [0.1, 0.15) is 0 Å². The van der Waals surface area contributed by atoms with Crippen molar-refractivity contribution in [2.75, 3.05) is 18.9 Å². The second-order valence-corrected chi connectivity index (χ2v) is 7.10. The van der Waals surface area contributed by atoms with Crippen LogP contribution in [0, 0.1) is 6.92 Å². The molecule has 0 amide bonds. The summed E-state index contributed by atoms with van der Waals surface area (Å²) in [5, 5.41) is 0.619. The molecule has 1 aromatic rings. The van der Waals surface area contributed by atoms with Crippen LogP contribution < -0.4 is 0 Å². The minimum absolute atomic E-state index is 0.239. The normalized spacial score (nSPS) is 12.9. The topological polar surface area (TPSA) is 37.4 Å². The zero-order chi connectivity index (χ0) is 15.6. The molecule has 0 aliphatic rings. The van der Waals surface area contributed by atoms with Gasteiger partial charge in [0.25, 0.3) is 0 Å². The summed E-state index contributed by atoms with van der Waals surface area (Å²) in [7, 11) is -2.55. The Labute approximate surface area is 125 Å². The minimum Gasteiger partial charge on any atom is -0.207 e. The lowest BCUT2D eigenvalue weighted by molar-refractivity contribution is -0.138. The van der Waals surface area contributed by atoms with E-state index in [1.165, 1.54) is 20.0 Å². The molecule has 8 heteroatoms. The Bertz CT molecular complexity index is 573. The Morgan fingerprint density at radius 1 is 1.30 bits per heavy atom. The number of nitrogens with zero attached hydrogens (tertiary/aromatic N) is 1. The van der Waals surface area contributed by atoms with Gasteiger partial charge in [-0.1, -0.05) is 22.0 Å². The van der Waals surface area contributed by atoms with Gasteiger partial charge in [-0.3, -0.25) is 0 Å². The highest BCUT2D eigenvalue weighted by atomic mass is 79.9. The fourth-order valence-electron chi connectivity index (χ4n) is 1.77. The molecule has 0 aromatic heterocycles. The molecule has 0 spiro atoms. The van der Waals surface area contributed by atoms with Gasteiger partial charge in [0, 0.05) is 18.9 Å². The van der Waals surface area contributed by atoms with E-state index in [0.29, 0.717) is 11.8 Å². The van der Waals surface area contributed by atoms with Crippen LogP contribution in [0.25, 0.3) is 0 Å². The third kappa shape index (κ3) is 3.73. The molecular formula is C12H15BrF3NO2S. The molecule has 0 aliphatic heterocycles. The van der Waals surface area contributed by atoms with E-state index < -0.39 is 21.8 Å². The summed E-state index contributed by atoms with van der Waals surface area (Å²) in [6, 6.07) is 3.19. The molecule has 1 rings (SSSR count). The van der Waals surface area contributed by atoms with Gasteiger partial charge >= 0.3 is 6.18 Å². The third-order valence-corrected chi connectivity index (χ3v) is 5.45. The van der Waals surface area contributed by atoms with Gasteiger partial charge in [0.2, 0.25) is 10.0 Å². The van der Waals surface area contributed by atoms with Crippen LogP contribution in [-0.4, -0.2) is 31.6 Å². The van der Waals surface area contributed by atoms with E-state index in [2.05, 4.69) is 15.9 Å². The molecule has 3 nitrogen and oxygen atoms in total. The summed E-state index contributed by atoms with van der Waals surface area (Å²) in [6.45, 7) is 1.41. The Hall–Kier alpha value is -0.600. The summed E-state index contributed by atoms with van der Waals surface area (Å²) in [5.41, 5.74) is -1.20. The van der Waals surface area contributed by atoms with Gasteiger partial charge in [-0.2, -0.15) is 13.2 Å². The maximum atomic E-state index is 12.8. The van der Waals surface area contributed by atoms with Crippen LogP contribution in [0.1, 0.15) is 17.5 Å². The highest BCUT2D eigenvalue weighted by molar-refractivity contribution is 9.09. The van der Waals surface area contributed by atoms with Crippen LogP contribution in [0.4, 0.5) is 13.2 Å². The molecule has 0 atom stereocenters. The van der Waals surface area contributed by atoms with Gasteiger partial charge in [0.05, 0.1) is 10.5 Å². The van der Waals surface area contributed by atoms with Crippen LogP contribution in [0.15, 0.2) is 23.1 Å². The predicted molar refractivity (Wildman–Crippen MR) is 74.4 cm³/mol. The van der Waals surface area contributed by atoms with Crippen molar-refractivity contribution in [1.82, 2.24) is 4.31 Å². The zero-order valence-corrected chi connectivity index (χ0v) is 13.4. The van der Waals surface area contributed by atoms with Gasteiger partial charge in [-0.15, -0.1) is 0 Å². The average Bonchev–Trinajstić information content (AvgIpc) is 2.34. The zero-order valence-electron chi connectivity index (χ0n) is 11.0. The van der Waals surface area contributed by atoms with Crippen molar-refractivity contribution in [3.05, 3.63) is 29.3 Å². The second kappa shape index (κ2) is 6.44. The molecule has 0 fully saturated rings. The van der Waals surface area contributed by atoms with Crippen molar-refractivity contribution >= 4 is 26.0 Å². The summed E-state index contributed by atoms with van der Waals surface area (Å²) < 4.78 is 64.0. The van der Waals surface area contributed by atoms with Crippen LogP contribution >= 0.6 is 15.9 Å². The molecule has 0 radical (unpaired) electrons. The standard InChI is InChI=1S/C12H15BrF3NO2S/c1-9-10(12(14,15)16)5-3-6-11(9)20(18,19)17(2)8-4-7-13/h3,5-6H,4,7-8H2,1-2H3. The summed E-state index contributed by atoms with van der Waals surface area (Å²) in [5.74, 6) is 0. The maximum Gasteiger partial charge on any atom is 0.416 e. The Morgan fingerprint density at radius 3 is 2.40 bits per heavy atom. The van der Waals surface area contributed by atoms with Crippen molar-refractivity contribution in [3.8, 4) is 0 Å². The number of alkyl halides is 4. The fourth-order valence-corrected chi connectivity index (χ4v) is 3.47. The van der Waals surface area contributed by atoms with E-state index in [0.717, 1.165) is 16.4 Å². The Balaban J connectivity index is 3.27. The van der Waals surface area contributed by atoms with E-state index in [4.69, 9.17) is 0 Å². The highest BCUT2D eigenvalue weighted by Crippen LogP contribution is 2.34. The van der Waals surface area contributed by atoms with E-state index in [-0.39, 0.29) is 17.0 Å². The van der Waals surface area contributed by atoms with Crippen molar-refractivity contribution in [2.24, 2.45) is 0 Å². The van der Waals surface area contributed by atoms with Crippen molar-refractivity contribution in [2.45, 2.75) is 24.4 Å². The molecule has 0 saturated carbocycles. The lowest BCUT2D eigenvalue weighted by atomic mass is 10.1. The van der Waals surface area contributed by atoms with Crippen molar-refractivity contribution < 1.29 is 21.6 Å². The maximum absolute atomic E-state index is 12.8. The number of benzene rings is 1. The first-order chi connectivity index (χ1) is 9.12. The molecule has 0 aliphatic carbocycles. The number of hydrogen-bond acceptors (Lipinski definition) is 2. The number of halogens is 4. The summed E-state index contributed by atoms with van der Waals surface area (Å²) in [6.07, 6.45) is -3.99. The number of rotatable bonds is 5. The summed E-state index contributed by atoms with van der Waals surface area (Å²) >= 11 is 3.18. The van der Waals surface area contributed by atoms with E-state index in [9.17, 15) is 21.6 Å². The number of hydrogen-bond donors (Lipinski definition) is 0. The monoisotopic (exact) mass is 373 g/mol. The van der Waals surface area contributed by atoms with Gasteiger partial charge in [-0.05, 0) is 31.0 Å². The molecular weight excluding hydrogens is 359 g/mol. The van der Waals surface area contributed by atoms with Gasteiger partial charge < -0.3 is 0 Å². The summed E-state index contributed by atoms with van der Waals surface area (Å²) in [4.78, 5) is -0.301. The van der Waals surface area contributed by atoms with E-state index in [1.807, 2.05) is 0 Å². The predicted octanol–water partition coefficient (Wildman–Crippen LogP) is 3.42. The largest absolute Gasteiger partial charge is 0.416 e. The molecule has 0 N–H and O–H groups in total. The van der Waals surface area contributed by atoms with Gasteiger partial charge in [0.15, 0.2) is 0 Å². The second-order valence-electron chi connectivity index (χ2n) is 4.30. The first-order valence-corrected chi connectivity index (χ1v) is 8.37. The fraction of sp³-hybridized carbons (Fsp3) is 0.500. The van der Waals surface area contributed by atoms with Crippen LogP contribution in [0.3, 0.4) is 0 Å². The molecule has 0 heterocycles. The SMILES string of the molecule is Cc1c(C(F)(F)F)cccc1S(=O)(=O)N(C)CCCBr. The number of sulfonamides is 1. The average molecular weight is 374 g/mol. The lowest BCUT2D eigenvalue weighted by Gasteiger charge is -2.20. The lowest BCUT2D eigenvalue weighted by Crippen LogP contribution is -2.29. The molecule has 0 unspecified atom stereocenters. The Kier molecular flexibility index (Phi) is 5.62. The minimum atomic E-state index is -4.57. The van der Waals surface area contributed by atoms with Crippen molar-refractivity contribution in [1.29, 1.82) is 0 Å². The smallest absolute Gasteiger partial charge is 0.207 e. The first kappa shape index (κ1) is 17.5. The molecule has 0 saturated heterocycles. The van der Waals surface area contributed by atoms with E-state index >= 15 is 0 Å². The van der Waals surface area contributed by atoms with Crippen LogP contribution in [-0.2, 0) is 16.2 Å². The quantitative estimate of drug-likeness (QED) is 0.741.